The van der Waals surface area contributed by atoms with Crippen LogP contribution in [0.25, 0.3) is 22.9 Å². The van der Waals surface area contributed by atoms with Gasteiger partial charge in [-0.1, -0.05) is 55.5 Å². The molecule has 1 N–H and O–H groups in total. The molecule has 0 saturated heterocycles. The number of rotatable bonds is 6. The van der Waals surface area contributed by atoms with Crippen molar-refractivity contribution >= 4 is 11.6 Å². The maximum atomic E-state index is 12.7. The third kappa shape index (κ3) is 4.24. The first-order chi connectivity index (χ1) is 14.2. The molecule has 0 fully saturated rings. The van der Waals surface area contributed by atoms with E-state index in [4.69, 9.17) is 4.42 Å². The van der Waals surface area contributed by atoms with Gasteiger partial charge < -0.3 is 9.73 Å². The molecular weight excluding hydrogens is 362 g/mol. The summed E-state index contributed by atoms with van der Waals surface area (Å²) >= 11 is 0. The Labute approximate surface area is 169 Å². The molecule has 0 aliphatic rings. The van der Waals surface area contributed by atoms with Crippen molar-refractivity contribution in [2.75, 3.05) is 5.32 Å². The van der Waals surface area contributed by atoms with E-state index < -0.39 is 0 Å². The maximum Gasteiger partial charge on any atom is 0.248 e. The number of amides is 1. The van der Waals surface area contributed by atoms with Gasteiger partial charge in [-0.3, -0.25) is 4.79 Å². The van der Waals surface area contributed by atoms with Crippen LogP contribution in [0.2, 0.25) is 0 Å². The molecule has 0 aliphatic heterocycles. The summed E-state index contributed by atoms with van der Waals surface area (Å²) < 4.78 is 5.78. The minimum absolute atomic E-state index is 0.0180. The number of carbonyl (C=O) groups is 1. The SMILES string of the molecule is CC[C@H](C(=O)Nc1ccc(-c2nnc(-c3ccccc3)o2)cc1)c1ccccc1. The van der Waals surface area contributed by atoms with Crippen LogP contribution in [0.15, 0.2) is 89.3 Å². The zero-order chi connectivity index (χ0) is 20.1. The summed E-state index contributed by atoms with van der Waals surface area (Å²) in [5.41, 5.74) is 3.42. The first-order valence-electron chi connectivity index (χ1n) is 9.60. The Morgan fingerprint density at radius 1 is 0.828 bits per heavy atom. The van der Waals surface area contributed by atoms with E-state index in [1.54, 1.807) is 0 Å². The van der Waals surface area contributed by atoms with Gasteiger partial charge in [0.25, 0.3) is 0 Å². The minimum Gasteiger partial charge on any atom is -0.416 e. The van der Waals surface area contributed by atoms with Crippen molar-refractivity contribution in [1.82, 2.24) is 10.2 Å². The average molecular weight is 383 g/mol. The molecule has 0 saturated carbocycles. The fourth-order valence-electron chi connectivity index (χ4n) is 3.22. The van der Waals surface area contributed by atoms with Gasteiger partial charge in [-0.25, -0.2) is 0 Å². The second-order valence-electron chi connectivity index (χ2n) is 6.72. The second-order valence-corrected chi connectivity index (χ2v) is 6.72. The van der Waals surface area contributed by atoms with Gasteiger partial charge >= 0.3 is 0 Å². The topological polar surface area (TPSA) is 68.0 Å². The van der Waals surface area contributed by atoms with Gasteiger partial charge in [0.15, 0.2) is 0 Å². The lowest BCUT2D eigenvalue weighted by atomic mass is 9.95. The third-order valence-corrected chi connectivity index (χ3v) is 4.77. The molecule has 5 heteroatoms. The predicted octanol–water partition coefficient (Wildman–Crippen LogP) is 5.54. The molecule has 0 unspecified atom stereocenters. The first kappa shape index (κ1) is 18.6. The van der Waals surface area contributed by atoms with E-state index in [0.29, 0.717) is 11.8 Å². The van der Waals surface area contributed by atoms with Crippen LogP contribution in [0.4, 0.5) is 5.69 Å². The number of benzene rings is 3. The molecular formula is C24H21N3O2. The van der Waals surface area contributed by atoms with Crippen LogP contribution in [0, 0.1) is 0 Å². The van der Waals surface area contributed by atoms with E-state index in [1.165, 1.54) is 0 Å². The first-order valence-corrected chi connectivity index (χ1v) is 9.60. The van der Waals surface area contributed by atoms with Crippen LogP contribution >= 0.6 is 0 Å². The van der Waals surface area contributed by atoms with Crippen LogP contribution in [0.5, 0.6) is 0 Å². The van der Waals surface area contributed by atoms with Crippen molar-refractivity contribution in [1.29, 1.82) is 0 Å². The van der Waals surface area contributed by atoms with Crippen LogP contribution in [0.1, 0.15) is 24.8 Å². The lowest BCUT2D eigenvalue weighted by Crippen LogP contribution is -2.20. The number of anilines is 1. The molecule has 29 heavy (non-hydrogen) atoms. The summed E-state index contributed by atoms with van der Waals surface area (Å²) in [6, 6.07) is 26.9. The van der Waals surface area contributed by atoms with Crippen LogP contribution in [0.3, 0.4) is 0 Å². The van der Waals surface area contributed by atoms with Gasteiger partial charge in [0.1, 0.15) is 0 Å². The zero-order valence-electron chi connectivity index (χ0n) is 16.1. The van der Waals surface area contributed by atoms with Gasteiger partial charge in [0.05, 0.1) is 5.92 Å². The molecule has 0 bridgehead atoms. The number of hydrogen-bond donors (Lipinski definition) is 1. The molecule has 5 nitrogen and oxygen atoms in total. The number of hydrogen-bond acceptors (Lipinski definition) is 4. The van der Waals surface area contributed by atoms with Crippen molar-refractivity contribution < 1.29 is 9.21 Å². The molecule has 0 aliphatic carbocycles. The van der Waals surface area contributed by atoms with Crippen molar-refractivity contribution in [3.8, 4) is 22.9 Å². The molecule has 0 radical (unpaired) electrons. The Morgan fingerprint density at radius 2 is 1.38 bits per heavy atom. The minimum atomic E-state index is -0.180. The van der Waals surface area contributed by atoms with Gasteiger partial charge in [-0.15, -0.1) is 10.2 Å². The Balaban J connectivity index is 1.47. The Bertz CT molecular complexity index is 1070. The lowest BCUT2D eigenvalue weighted by Gasteiger charge is -2.15. The number of nitrogens with one attached hydrogen (secondary N) is 1. The Hall–Kier alpha value is -3.73. The third-order valence-electron chi connectivity index (χ3n) is 4.77. The summed E-state index contributed by atoms with van der Waals surface area (Å²) in [6.07, 6.45) is 0.734. The second kappa shape index (κ2) is 8.52. The molecule has 1 amide bonds. The van der Waals surface area contributed by atoms with Crippen molar-refractivity contribution in [3.05, 3.63) is 90.5 Å². The van der Waals surface area contributed by atoms with E-state index in [0.717, 1.165) is 28.8 Å². The molecule has 4 rings (SSSR count). The summed E-state index contributed by atoms with van der Waals surface area (Å²) in [5.74, 6) is 0.722. The highest BCUT2D eigenvalue weighted by atomic mass is 16.4. The van der Waals surface area contributed by atoms with E-state index in [-0.39, 0.29) is 11.8 Å². The molecule has 1 aromatic heterocycles. The highest BCUT2D eigenvalue weighted by Crippen LogP contribution is 2.26. The fraction of sp³-hybridized carbons (Fsp3) is 0.125. The fourth-order valence-corrected chi connectivity index (χ4v) is 3.22. The quantitative estimate of drug-likeness (QED) is 0.475. The molecule has 3 aromatic carbocycles. The van der Waals surface area contributed by atoms with Crippen LogP contribution < -0.4 is 5.32 Å². The van der Waals surface area contributed by atoms with Crippen molar-refractivity contribution in [3.63, 3.8) is 0 Å². The standard InChI is InChI=1S/C24H21N3O2/c1-2-21(17-9-5-3-6-10-17)22(28)25-20-15-13-19(14-16-20)24-27-26-23(29-24)18-11-7-4-8-12-18/h3-16,21H,2H2,1H3,(H,25,28)/t21-/m0/s1. The van der Waals surface area contributed by atoms with Gasteiger partial charge in [0.2, 0.25) is 17.7 Å². The van der Waals surface area contributed by atoms with Crippen molar-refractivity contribution in [2.45, 2.75) is 19.3 Å². The summed E-state index contributed by atoms with van der Waals surface area (Å²) in [4.78, 5) is 12.7. The van der Waals surface area contributed by atoms with E-state index in [2.05, 4.69) is 15.5 Å². The predicted molar refractivity (Wildman–Crippen MR) is 113 cm³/mol. The van der Waals surface area contributed by atoms with Crippen LogP contribution in [-0.2, 0) is 4.79 Å². The number of carbonyl (C=O) groups excluding carboxylic acids is 1. The van der Waals surface area contributed by atoms with E-state index in [1.807, 2.05) is 91.9 Å². The smallest absolute Gasteiger partial charge is 0.248 e. The summed E-state index contributed by atoms with van der Waals surface area (Å²) in [6.45, 7) is 2.01. The Morgan fingerprint density at radius 3 is 1.97 bits per heavy atom. The van der Waals surface area contributed by atoms with Gasteiger partial charge in [-0.05, 0) is 48.4 Å². The average Bonchev–Trinajstić information content (AvgIpc) is 3.26. The monoisotopic (exact) mass is 383 g/mol. The number of aromatic nitrogens is 2. The van der Waals surface area contributed by atoms with E-state index in [9.17, 15) is 4.79 Å². The lowest BCUT2D eigenvalue weighted by molar-refractivity contribution is -0.117. The highest BCUT2D eigenvalue weighted by molar-refractivity contribution is 5.96. The largest absolute Gasteiger partial charge is 0.416 e. The normalized spacial score (nSPS) is 11.8. The molecule has 0 spiro atoms. The maximum absolute atomic E-state index is 12.7. The van der Waals surface area contributed by atoms with Crippen LogP contribution in [-0.4, -0.2) is 16.1 Å². The zero-order valence-corrected chi connectivity index (χ0v) is 16.1. The van der Waals surface area contributed by atoms with Crippen molar-refractivity contribution in [2.24, 2.45) is 0 Å². The highest BCUT2D eigenvalue weighted by Gasteiger charge is 2.18. The van der Waals surface area contributed by atoms with Gasteiger partial charge in [0, 0.05) is 16.8 Å². The Kier molecular flexibility index (Phi) is 5.47. The summed E-state index contributed by atoms with van der Waals surface area (Å²) in [5, 5.41) is 11.2. The molecule has 144 valence electrons. The number of nitrogens with zero attached hydrogens (tertiary/aromatic N) is 2. The molecule has 4 aromatic rings. The van der Waals surface area contributed by atoms with Gasteiger partial charge in [-0.2, -0.15) is 0 Å². The molecule has 1 heterocycles. The summed E-state index contributed by atoms with van der Waals surface area (Å²) in [7, 11) is 0. The molecule has 1 atom stereocenters. The van der Waals surface area contributed by atoms with E-state index >= 15 is 0 Å².